The maximum absolute atomic E-state index is 4.75. The van der Waals surface area contributed by atoms with Crippen LogP contribution in [0.4, 0.5) is 5.13 Å². The number of aryl methyl sites for hydroxylation is 2. The Labute approximate surface area is 140 Å². The van der Waals surface area contributed by atoms with E-state index in [2.05, 4.69) is 62.8 Å². The van der Waals surface area contributed by atoms with Crippen molar-refractivity contribution in [3.8, 4) is 0 Å². The number of pyridine rings is 1. The topological polar surface area (TPSA) is 36.7 Å². The molecule has 3 aromatic rings. The highest BCUT2D eigenvalue weighted by molar-refractivity contribution is 7.13. The molecule has 0 saturated carbocycles. The molecule has 4 heterocycles. The van der Waals surface area contributed by atoms with Crippen LogP contribution in [0.15, 0.2) is 29.8 Å². The number of imidazole rings is 1. The van der Waals surface area contributed by atoms with E-state index in [-0.39, 0.29) is 0 Å². The molecule has 1 aliphatic heterocycles. The highest BCUT2D eigenvalue weighted by Crippen LogP contribution is 2.22. The van der Waals surface area contributed by atoms with Gasteiger partial charge in [0.2, 0.25) is 0 Å². The Kier molecular flexibility index (Phi) is 3.79. The molecule has 0 aromatic carbocycles. The van der Waals surface area contributed by atoms with Crippen LogP contribution in [0, 0.1) is 13.8 Å². The highest BCUT2D eigenvalue weighted by atomic mass is 32.1. The molecule has 0 spiro atoms. The first-order valence-corrected chi connectivity index (χ1v) is 8.90. The van der Waals surface area contributed by atoms with Gasteiger partial charge in [-0.05, 0) is 26.0 Å². The van der Waals surface area contributed by atoms with E-state index < -0.39 is 0 Å². The lowest BCUT2D eigenvalue weighted by Crippen LogP contribution is -2.46. The Balaban J connectivity index is 1.41. The normalized spacial score (nSPS) is 16.3. The van der Waals surface area contributed by atoms with Crippen molar-refractivity contribution in [3.05, 3.63) is 46.9 Å². The van der Waals surface area contributed by atoms with Gasteiger partial charge in [0.05, 0.1) is 11.4 Å². The second-order valence-corrected chi connectivity index (χ2v) is 7.00. The van der Waals surface area contributed by atoms with E-state index in [1.165, 1.54) is 5.69 Å². The molecular weight excluding hydrogens is 306 g/mol. The van der Waals surface area contributed by atoms with Crippen molar-refractivity contribution in [2.45, 2.75) is 20.4 Å². The summed E-state index contributed by atoms with van der Waals surface area (Å²) in [6.07, 6.45) is 2.17. The number of rotatable bonds is 3. The molecule has 4 rings (SSSR count). The molecule has 120 valence electrons. The Morgan fingerprint density at radius 2 is 1.91 bits per heavy atom. The molecule has 1 aliphatic rings. The van der Waals surface area contributed by atoms with E-state index in [9.17, 15) is 0 Å². The van der Waals surface area contributed by atoms with Crippen molar-refractivity contribution in [3.63, 3.8) is 0 Å². The molecule has 1 saturated heterocycles. The number of nitrogens with zero attached hydrogens (tertiary/aromatic N) is 5. The molecule has 3 aromatic heterocycles. The van der Waals surface area contributed by atoms with Crippen LogP contribution in [0.1, 0.15) is 17.1 Å². The number of fused-ring (bicyclic) bond motifs is 1. The van der Waals surface area contributed by atoms with Crippen molar-refractivity contribution >= 4 is 22.1 Å². The summed E-state index contributed by atoms with van der Waals surface area (Å²) in [5.74, 6) is 0. The first-order valence-electron chi connectivity index (χ1n) is 8.02. The van der Waals surface area contributed by atoms with Crippen molar-refractivity contribution in [1.82, 2.24) is 19.3 Å². The lowest BCUT2D eigenvalue weighted by Gasteiger charge is -2.34. The number of aromatic nitrogens is 3. The third-order valence-electron chi connectivity index (χ3n) is 4.38. The van der Waals surface area contributed by atoms with Crippen LogP contribution in [0.3, 0.4) is 0 Å². The predicted molar refractivity (Wildman–Crippen MR) is 94.3 cm³/mol. The van der Waals surface area contributed by atoms with Gasteiger partial charge in [0.15, 0.2) is 5.13 Å². The summed E-state index contributed by atoms with van der Waals surface area (Å²) < 4.78 is 2.17. The van der Waals surface area contributed by atoms with Gasteiger partial charge in [-0.15, -0.1) is 11.3 Å². The number of hydrogen-bond donors (Lipinski definition) is 0. The Hall–Kier alpha value is -1.92. The van der Waals surface area contributed by atoms with E-state index >= 15 is 0 Å². The van der Waals surface area contributed by atoms with Crippen molar-refractivity contribution in [1.29, 1.82) is 0 Å². The molecule has 0 amide bonds. The summed E-state index contributed by atoms with van der Waals surface area (Å²) in [6, 6.07) is 6.25. The molecule has 0 aliphatic carbocycles. The second-order valence-electron chi connectivity index (χ2n) is 6.16. The van der Waals surface area contributed by atoms with E-state index in [0.29, 0.717) is 0 Å². The first-order chi connectivity index (χ1) is 11.2. The van der Waals surface area contributed by atoms with Gasteiger partial charge in [-0.2, -0.15) is 0 Å². The summed E-state index contributed by atoms with van der Waals surface area (Å²) in [4.78, 5) is 14.2. The third-order valence-corrected chi connectivity index (χ3v) is 5.40. The summed E-state index contributed by atoms with van der Waals surface area (Å²) >= 11 is 1.75. The fraction of sp³-hybridized carbons (Fsp3) is 0.412. The Morgan fingerprint density at radius 1 is 1.09 bits per heavy atom. The van der Waals surface area contributed by atoms with Gasteiger partial charge in [-0.25, -0.2) is 9.97 Å². The largest absolute Gasteiger partial charge is 0.346 e. The zero-order valence-corrected chi connectivity index (χ0v) is 14.4. The van der Waals surface area contributed by atoms with Crippen LogP contribution >= 0.6 is 11.3 Å². The summed E-state index contributed by atoms with van der Waals surface area (Å²) in [7, 11) is 0. The van der Waals surface area contributed by atoms with Gasteiger partial charge >= 0.3 is 0 Å². The van der Waals surface area contributed by atoms with Gasteiger partial charge < -0.3 is 9.30 Å². The minimum Gasteiger partial charge on any atom is -0.346 e. The minimum atomic E-state index is 0.922. The molecule has 0 unspecified atom stereocenters. The quantitative estimate of drug-likeness (QED) is 0.741. The zero-order chi connectivity index (χ0) is 15.8. The van der Waals surface area contributed by atoms with Gasteiger partial charge in [0.1, 0.15) is 5.65 Å². The minimum absolute atomic E-state index is 0.922. The van der Waals surface area contributed by atoms with Crippen molar-refractivity contribution in [2.75, 3.05) is 31.1 Å². The molecule has 0 radical (unpaired) electrons. The monoisotopic (exact) mass is 327 g/mol. The summed E-state index contributed by atoms with van der Waals surface area (Å²) in [5, 5.41) is 3.28. The maximum atomic E-state index is 4.75. The highest BCUT2D eigenvalue weighted by Gasteiger charge is 2.20. The van der Waals surface area contributed by atoms with Gasteiger partial charge in [0, 0.05) is 50.0 Å². The van der Waals surface area contributed by atoms with Crippen LogP contribution in [0.25, 0.3) is 5.65 Å². The fourth-order valence-corrected chi connectivity index (χ4v) is 3.95. The van der Waals surface area contributed by atoms with Crippen LogP contribution < -0.4 is 4.90 Å². The molecule has 6 heteroatoms. The number of thiazole rings is 1. The molecule has 1 fully saturated rings. The molecule has 0 N–H and O–H groups in total. The molecule has 23 heavy (non-hydrogen) atoms. The zero-order valence-electron chi connectivity index (χ0n) is 13.6. The van der Waals surface area contributed by atoms with Crippen LogP contribution in [-0.2, 0) is 6.54 Å². The van der Waals surface area contributed by atoms with E-state index in [1.54, 1.807) is 11.3 Å². The van der Waals surface area contributed by atoms with Gasteiger partial charge in [-0.3, -0.25) is 4.90 Å². The SMILES string of the molecule is Cc1csc(N2CCN(Cc3cn4c(C)cccc4n3)CC2)n1. The average molecular weight is 327 g/mol. The number of piperazine rings is 1. The van der Waals surface area contributed by atoms with Crippen LogP contribution in [0.5, 0.6) is 0 Å². The standard InChI is InChI=1S/C17H21N5S/c1-13-12-23-17(18-13)21-8-6-20(7-9-21)10-15-11-22-14(2)4-3-5-16(22)19-15/h3-5,11-12H,6-10H2,1-2H3. The van der Waals surface area contributed by atoms with Gasteiger partial charge in [-0.1, -0.05) is 6.07 Å². The van der Waals surface area contributed by atoms with Crippen molar-refractivity contribution in [2.24, 2.45) is 0 Å². The lowest BCUT2D eigenvalue weighted by atomic mass is 10.3. The lowest BCUT2D eigenvalue weighted by molar-refractivity contribution is 0.247. The number of anilines is 1. The fourth-order valence-electron chi connectivity index (χ4n) is 3.09. The number of hydrogen-bond acceptors (Lipinski definition) is 5. The van der Waals surface area contributed by atoms with Gasteiger partial charge in [0.25, 0.3) is 0 Å². The summed E-state index contributed by atoms with van der Waals surface area (Å²) in [5.41, 5.74) is 4.53. The smallest absolute Gasteiger partial charge is 0.185 e. The summed E-state index contributed by atoms with van der Waals surface area (Å²) in [6.45, 7) is 9.30. The third kappa shape index (κ3) is 2.96. The van der Waals surface area contributed by atoms with Crippen LogP contribution in [-0.4, -0.2) is 45.4 Å². The second kappa shape index (κ2) is 5.94. The molecular formula is C17H21N5S. The van der Waals surface area contributed by atoms with E-state index in [0.717, 1.165) is 54.9 Å². The van der Waals surface area contributed by atoms with Crippen LogP contribution in [0.2, 0.25) is 0 Å². The van der Waals surface area contributed by atoms with E-state index in [1.807, 2.05) is 0 Å². The molecule has 0 bridgehead atoms. The Bertz CT molecular complexity index is 813. The first kappa shape index (κ1) is 14.7. The maximum Gasteiger partial charge on any atom is 0.185 e. The Morgan fingerprint density at radius 3 is 2.61 bits per heavy atom. The average Bonchev–Trinajstić information content (AvgIpc) is 3.15. The van der Waals surface area contributed by atoms with Crippen molar-refractivity contribution < 1.29 is 0 Å². The predicted octanol–water partition coefficient (Wildman–Crippen LogP) is 2.73. The van der Waals surface area contributed by atoms with E-state index in [4.69, 9.17) is 4.98 Å². The molecule has 0 atom stereocenters. The molecule has 5 nitrogen and oxygen atoms in total.